The smallest absolute Gasteiger partial charge is 0.274 e. The van der Waals surface area contributed by atoms with Crippen molar-refractivity contribution in [3.63, 3.8) is 0 Å². The zero-order chi connectivity index (χ0) is 17.1. The van der Waals surface area contributed by atoms with E-state index in [1.165, 1.54) is 6.42 Å². The van der Waals surface area contributed by atoms with E-state index in [1.807, 2.05) is 18.3 Å². The zero-order valence-electron chi connectivity index (χ0n) is 14.5. The number of aromatic amines is 1. The van der Waals surface area contributed by atoms with Crippen LogP contribution in [-0.2, 0) is 19.4 Å². The fraction of sp³-hybridized carbons (Fsp3) is 0.526. The highest BCUT2D eigenvalue weighted by atomic mass is 16.2. The van der Waals surface area contributed by atoms with Crippen LogP contribution in [0.1, 0.15) is 53.1 Å². The van der Waals surface area contributed by atoms with E-state index in [1.54, 1.807) is 0 Å². The number of piperidine rings is 1. The Labute approximate surface area is 148 Å². The number of likely N-dealkylation sites (tertiary alicyclic amines) is 1. The third-order valence-corrected chi connectivity index (χ3v) is 5.36. The molecule has 1 atom stereocenters. The Hall–Kier alpha value is -2.21. The van der Waals surface area contributed by atoms with Gasteiger partial charge in [0.25, 0.3) is 5.91 Å². The first-order chi connectivity index (χ1) is 12.3. The van der Waals surface area contributed by atoms with Crippen LogP contribution in [-0.4, -0.2) is 45.1 Å². The maximum absolute atomic E-state index is 13.2. The van der Waals surface area contributed by atoms with E-state index in [-0.39, 0.29) is 11.9 Å². The second-order valence-electron chi connectivity index (χ2n) is 6.96. The van der Waals surface area contributed by atoms with Crippen molar-refractivity contribution in [3.8, 4) is 0 Å². The molecule has 2 N–H and O–H groups in total. The van der Waals surface area contributed by atoms with Gasteiger partial charge >= 0.3 is 0 Å². The first kappa shape index (κ1) is 16.3. The van der Waals surface area contributed by atoms with Gasteiger partial charge in [-0.25, -0.2) is 0 Å². The maximum Gasteiger partial charge on any atom is 0.274 e. The summed E-state index contributed by atoms with van der Waals surface area (Å²) >= 11 is 0. The summed E-state index contributed by atoms with van der Waals surface area (Å²) in [6.45, 7) is 2.53. The summed E-state index contributed by atoms with van der Waals surface area (Å²) in [5, 5.41) is 10.7. The van der Waals surface area contributed by atoms with E-state index in [0.29, 0.717) is 5.69 Å². The van der Waals surface area contributed by atoms with Crippen LogP contribution >= 0.6 is 0 Å². The van der Waals surface area contributed by atoms with E-state index < -0.39 is 0 Å². The molecule has 4 rings (SSSR count). The topological polar surface area (TPSA) is 73.9 Å². The number of aryl methyl sites for hydroxylation is 1. The molecule has 2 aliphatic rings. The molecule has 1 saturated heterocycles. The number of carbonyl (C=O) groups is 1. The summed E-state index contributed by atoms with van der Waals surface area (Å²) in [5.41, 5.74) is 3.92. The van der Waals surface area contributed by atoms with Crippen molar-refractivity contribution in [3.05, 3.63) is 47.0 Å². The van der Waals surface area contributed by atoms with Crippen molar-refractivity contribution in [2.75, 3.05) is 13.1 Å². The number of fused-ring (bicyclic) bond motifs is 1. The molecule has 0 spiro atoms. The molecule has 1 amide bonds. The van der Waals surface area contributed by atoms with E-state index in [9.17, 15) is 4.79 Å². The van der Waals surface area contributed by atoms with Gasteiger partial charge in [-0.05, 0) is 57.2 Å². The molecule has 2 aromatic rings. The number of pyridine rings is 1. The molecule has 1 fully saturated rings. The molecule has 0 saturated carbocycles. The van der Waals surface area contributed by atoms with E-state index in [2.05, 4.69) is 31.5 Å². The molecule has 0 aromatic carbocycles. The van der Waals surface area contributed by atoms with Gasteiger partial charge in [0, 0.05) is 36.6 Å². The van der Waals surface area contributed by atoms with Gasteiger partial charge in [-0.15, -0.1) is 0 Å². The van der Waals surface area contributed by atoms with Crippen molar-refractivity contribution in [1.82, 2.24) is 25.4 Å². The van der Waals surface area contributed by atoms with Gasteiger partial charge in [0.1, 0.15) is 0 Å². The van der Waals surface area contributed by atoms with E-state index >= 15 is 0 Å². The third-order valence-electron chi connectivity index (χ3n) is 5.36. The molecular weight excluding hydrogens is 314 g/mol. The van der Waals surface area contributed by atoms with Crippen molar-refractivity contribution in [2.24, 2.45) is 0 Å². The zero-order valence-corrected chi connectivity index (χ0v) is 14.5. The SMILES string of the molecule is O=C(c1n[nH]c2c1CCNC2)N1CCCCC1CCc1ccccn1. The predicted octanol–water partition coefficient (Wildman–Crippen LogP) is 2.08. The lowest BCUT2D eigenvalue weighted by molar-refractivity contribution is 0.0594. The number of aromatic nitrogens is 3. The lowest BCUT2D eigenvalue weighted by atomic mass is 9.96. The van der Waals surface area contributed by atoms with Gasteiger partial charge < -0.3 is 10.2 Å². The Morgan fingerprint density at radius 3 is 3.16 bits per heavy atom. The molecule has 2 aliphatic heterocycles. The highest BCUT2D eigenvalue weighted by Crippen LogP contribution is 2.25. The number of hydrogen-bond acceptors (Lipinski definition) is 4. The number of hydrogen-bond donors (Lipinski definition) is 2. The highest BCUT2D eigenvalue weighted by Gasteiger charge is 2.31. The van der Waals surface area contributed by atoms with Crippen LogP contribution in [0.2, 0.25) is 0 Å². The van der Waals surface area contributed by atoms with E-state index in [4.69, 9.17) is 0 Å². The third kappa shape index (κ3) is 3.44. The Bertz CT molecular complexity index is 727. The van der Waals surface area contributed by atoms with Gasteiger partial charge in [-0.1, -0.05) is 6.07 Å². The second-order valence-corrected chi connectivity index (χ2v) is 6.96. The largest absolute Gasteiger partial charge is 0.334 e. The van der Waals surface area contributed by atoms with Gasteiger partial charge in [-0.2, -0.15) is 5.10 Å². The number of amides is 1. The monoisotopic (exact) mass is 339 g/mol. The average molecular weight is 339 g/mol. The molecule has 1 unspecified atom stereocenters. The summed E-state index contributed by atoms with van der Waals surface area (Å²) < 4.78 is 0. The Morgan fingerprint density at radius 1 is 1.32 bits per heavy atom. The van der Waals surface area contributed by atoms with Crippen LogP contribution in [0.3, 0.4) is 0 Å². The maximum atomic E-state index is 13.2. The Kier molecular flexibility index (Phi) is 4.78. The van der Waals surface area contributed by atoms with Crippen molar-refractivity contribution >= 4 is 5.91 Å². The predicted molar refractivity (Wildman–Crippen MR) is 95.2 cm³/mol. The molecule has 132 valence electrons. The average Bonchev–Trinajstić information content (AvgIpc) is 3.11. The van der Waals surface area contributed by atoms with Crippen molar-refractivity contribution < 1.29 is 4.79 Å². The summed E-state index contributed by atoms with van der Waals surface area (Å²) in [6.07, 6.45) is 7.95. The molecule has 4 heterocycles. The molecule has 0 aliphatic carbocycles. The molecule has 2 aromatic heterocycles. The van der Waals surface area contributed by atoms with Gasteiger partial charge in [0.05, 0.1) is 5.69 Å². The first-order valence-electron chi connectivity index (χ1n) is 9.30. The minimum Gasteiger partial charge on any atom is -0.334 e. The molecule has 6 nitrogen and oxygen atoms in total. The van der Waals surface area contributed by atoms with Crippen molar-refractivity contribution in [2.45, 2.75) is 51.1 Å². The summed E-state index contributed by atoms with van der Waals surface area (Å²) in [7, 11) is 0. The summed E-state index contributed by atoms with van der Waals surface area (Å²) in [4.78, 5) is 19.6. The standard InChI is InChI=1S/C19H25N5O/c25-19(18-16-9-11-20-13-17(16)22-23-18)24-12-4-2-6-15(24)8-7-14-5-1-3-10-21-14/h1,3,5,10,15,20H,2,4,6-9,11-13H2,(H,22,23). The number of rotatable bonds is 4. The molecule has 6 heteroatoms. The quantitative estimate of drug-likeness (QED) is 0.894. The number of nitrogens with zero attached hydrogens (tertiary/aromatic N) is 3. The van der Waals surface area contributed by atoms with Gasteiger partial charge in [-0.3, -0.25) is 14.9 Å². The van der Waals surface area contributed by atoms with Crippen LogP contribution < -0.4 is 5.32 Å². The van der Waals surface area contributed by atoms with Crippen molar-refractivity contribution in [1.29, 1.82) is 0 Å². The van der Waals surface area contributed by atoms with Crippen LogP contribution in [0.15, 0.2) is 24.4 Å². The van der Waals surface area contributed by atoms with Crippen LogP contribution in [0.5, 0.6) is 0 Å². The molecule has 0 radical (unpaired) electrons. The van der Waals surface area contributed by atoms with Crippen LogP contribution in [0, 0.1) is 0 Å². The fourth-order valence-electron chi connectivity index (χ4n) is 3.99. The van der Waals surface area contributed by atoms with Crippen LogP contribution in [0.4, 0.5) is 0 Å². The summed E-state index contributed by atoms with van der Waals surface area (Å²) in [6, 6.07) is 6.31. The van der Waals surface area contributed by atoms with Gasteiger partial charge in [0.15, 0.2) is 5.69 Å². The number of nitrogens with one attached hydrogen (secondary N) is 2. The number of carbonyl (C=O) groups excluding carboxylic acids is 1. The minimum absolute atomic E-state index is 0.102. The lowest BCUT2D eigenvalue weighted by Gasteiger charge is -2.35. The minimum atomic E-state index is 0.102. The number of H-pyrrole nitrogens is 1. The fourth-order valence-corrected chi connectivity index (χ4v) is 3.99. The second kappa shape index (κ2) is 7.35. The Morgan fingerprint density at radius 2 is 2.28 bits per heavy atom. The van der Waals surface area contributed by atoms with E-state index in [0.717, 1.165) is 68.7 Å². The van der Waals surface area contributed by atoms with Crippen LogP contribution in [0.25, 0.3) is 0 Å². The summed E-state index contributed by atoms with van der Waals surface area (Å²) in [5.74, 6) is 0.102. The molecule has 0 bridgehead atoms. The highest BCUT2D eigenvalue weighted by molar-refractivity contribution is 5.94. The van der Waals surface area contributed by atoms with Gasteiger partial charge in [0.2, 0.25) is 0 Å². The normalized spacial score (nSPS) is 20.3. The molecule has 25 heavy (non-hydrogen) atoms. The lowest BCUT2D eigenvalue weighted by Crippen LogP contribution is -2.44. The Balaban J connectivity index is 1.48. The molecular formula is C19H25N5O. The first-order valence-corrected chi connectivity index (χ1v) is 9.30.